The van der Waals surface area contributed by atoms with Crippen LogP contribution in [0, 0.1) is 0 Å². The van der Waals surface area contributed by atoms with Crippen LogP contribution in [0.2, 0.25) is 10.0 Å². The first-order valence-electron chi connectivity index (χ1n) is 14.4. The van der Waals surface area contributed by atoms with Crippen LogP contribution in [0.5, 0.6) is 5.75 Å². The Labute approximate surface area is 268 Å². The Kier molecular flexibility index (Phi) is 14.8. The number of hydrogen-bond acceptors (Lipinski definition) is 9. The van der Waals surface area contributed by atoms with Gasteiger partial charge in [-0.1, -0.05) is 68.2 Å². The molecule has 2 aromatic carbocycles. The van der Waals surface area contributed by atoms with Crippen molar-refractivity contribution >= 4 is 29.1 Å². The van der Waals surface area contributed by atoms with E-state index in [4.69, 9.17) is 46.9 Å². The average Bonchev–Trinajstić information content (AvgIpc) is 3.49. The smallest absolute Gasteiger partial charge is 0.293 e. The van der Waals surface area contributed by atoms with Gasteiger partial charge in [0.25, 0.3) is 5.91 Å². The first-order chi connectivity index (χ1) is 21.1. The number of ether oxygens (including phenoxy) is 5. The molecular weight excluding hydrogens is 611 g/mol. The van der Waals surface area contributed by atoms with Crippen LogP contribution >= 0.6 is 23.2 Å². The molecule has 1 N–H and O–H groups in total. The van der Waals surface area contributed by atoms with Crippen molar-refractivity contribution in [3.8, 4) is 11.4 Å². The zero-order valence-corrected chi connectivity index (χ0v) is 27.3. The molecule has 3 rings (SSSR count). The SMILES string of the molecule is COCCOCCOCCOCCOCCN(Cc1ccc(C(C)(C)C)cc1)C(=O)c1ncn(-c2cc(Cl)c(O)c(Cl)c2)n1. The van der Waals surface area contributed by atoms with Crippen molar-refractivity contribution < 1.29 is 33.6 Å². The lowest BCUT2D eigenvalue weighted by Gasteiger charge is -2.23. The second-order valence-electron chi connectivity index (χ2n) is 10.9. The predicted octanol–water partition coefficient (Wildman–Crippen LogP) is 4.93. The second kappa shape index (κ2) is 18.3. The molecular formula is C31H42Cl2N4O7. The van der Waals surface area contributed by atoms with E-state index in [0.29, 0.717) is 78.2 Å². The third-order valence-electron chi connectivity index (χ3n) is 6.48. The number of rotatable bonds is 19. The summed E-state index contributed by atoms with van der Waals surface area (Å²) in [6.45, 7) is 11.2. The molecule has 0 unspecified atom stereocenters. The molecule has 0 spiro atoms. The third kappa shape index (κ3) is 11.6. The van der Waals surface area contributed by atoms with E-state index in [1.807, 2.05) is 12.1 Å². The van der Waals surface area contributed by atoms with Gasteiger partial charge in [0.2, 0.25) is 5.82 Å². The fourth-order valence-electron chi connectivity index (χ4n) is 3.97. The van der Waals surface area contributed by atoms with Crippen LogP contribution in [-0.4, -0.2) is 104 Å². The van der Waals surface area contributed by atoms with Crippen LogP contribution in [0.4, 0.5) is 0 Å². The van der Waals surface area contributed by atoms with Crippen molar-refractivity contribution in [2.24, 2.45) is 0 Å². The number of nitrogens with zero attached hydrogens (tertiary/aromatic N) is 4. The van der Waals surface area contributed by atoms with Crippen molar-refractivity contribution in [2.45, 2.75) is 32.7 Å². The first-order valence-corrected chi connectivity index (χ1v) is 15.1. The second-order valence-corrected chi connectivity index (χ2v) is 11.7. The molecule has 1 amide bonds. The van der Waals surface area contributed by atoms with Crippen LogP contribution < -0.4 is 0 Å². The fourth-order valence-corrected chi connectivity index (χ4v) is 4.45. The first kappa shape index (κ1) is 35.7. The van der Waals surface area contributed by atoms with Gasteiger partial charge in [0.05, 0.1) is 75.2 Å². The van der Waals surface area contributed by atoms with E-state index in [2.05, 4.69) is 43.0 Å². The Balaban J connectivity index is 1.53. The molecule has 11 nitrogen and oxygen atoms in total. The summed E-state index contributed by atoms with van der Waals surface area (Å²) >= 11 is 12.1. The molecule has 0 atom stereocenters. The summed E-state index contributed by atoms with van der Waals surface area (Å²) in [6, 6.07) is 11.2. The third-order valence-corrected chi connectivity index (χ3v) is 7.06. The number of aromatic nitrogens is 3. The molecule has 44 heavy (non-hydrogen) atoms. The normalized spacial score (nSPS) is 11.7. The Morgan fingerprint density at radius 2 is 1.39 bits per heavy atom. The van der Waals surface area contributed by atoms with Crippen molar-refractivity contribution in [1.29, 1.82) is 0 Å². The highest BCUT2D eigenvalue weighted by Crippen LogP contribution is 2.33. The zero-order valence-electron chi connectivity index (χ0n) is 25.8. The molecule has 0 aliphatic heterocycles. The van der Waals surface area contributed by atoms with E-state index in [1.54, 1.807) is 12.0 Å². The molecule has 242 valence electrons. The summed E-state index contributed by atoms with van der Waals surface area (Å²) in [6.07, 6.45) is 1.40. The molecule has 0 aliphatic carbocycles. The highest BCUT2D eigenvalue weighted by atomic mass is 35.5. The van der Waals surface area contributed by atoms with Gasteiger partial charge in [0.1, 0.15) is 6.33 Å². The van der Waals surface area contributed by atoms with E-state index >= 15 is 0 Å². The number of methoxy groups -OCH3 is 1. The summed E-state index contributed by atoms with van der Waals surface area (Å²) in [5.74, 6) is -0.581. The van der Waals surface area contributed by atoms with Crippen LogP contribution in [0.25, 0.3) is 5.69 Å². The van der Waals surface area contributed by atoms with E-state index in [1.165, 1.54) is 28.7 Å². The average molecular weight is 654 g/mol. The van der Waals surface area contributed by atoms with Crippen molar-refractivity contribution in [3.05, 3.63) is 69.7 Å². The summed E-state index contributed by atoms with van der Waals surface area (Å²) in [4.78, 5) is 19.4. The number of phenolic OH excluding ortho intramolecular Hbond substituents is 1. The molecule has 0 saturated carbocycles. The number of aromatic hydroxyl groups is 1. The quantitative estimate of drug-likeness (QED) is 0.180. The number of carbonyl (C=O) groups excluding carboxylic acids is 1. The van der Waals surface area contributed by atoms with Gasteiger partial charge in [-0.2, -0.15) is 0 Å². The number of carbonyl (C=O) groups is 1. The van der Waals surface area contributed by atoms with Gasteiger partial charge >= 0.3 is 0 Å². The summed E-state index contributed by atoms with van der Waals surface area (Å²) in [5.41, 5.74) is 2.65. The molecule has 13 heteroatoms. The number of benzene rings is 2. The minimum Gasteiger partial charge on any atom is -0.505 e. The minimum atomic E-state index is -0.359. The molecule has 3 aromatic rings. The lowest BCUT2D eigenvalue weighted by Crippen LogP contribution is -2.34. The van der Waals surface area contributed by atoms with E-state index in [0.717, 1.165) is 5.56 Å². The lowest BCUT2D eigenvalue weighted by molar-refractivity contribution is -0.00917. The summed E-state index contributed by atoms with van der Waals surface area (Å²) in [7, 11) is 1.63. The Morgan fingerprint density at radius 3 is 1.91 bits per heavy atom. The maximum atomic E-state index is 13.6. The molecule has 1 aromatic heterocycles. The molecule has 0 fully saturated rings. The van der Waals surface area contributed by atoms with Gasteiger partial charge in [-0.25, -0.2) is 9.67 Å². The predicted molar refractivity (Wildman–Crippen MR) is 168 cm³/mol. The van der Waals surface area contributed by atoms with Crippen LogP contribution in [0.3, 0.4) is 0 Å². The van der Waals surface area contributed by atoms with Gasteiger partial charge < -0.3 is 33.7 Å². The number of amides is 1. The number of phenols is 1. The highest BCUT2D eigenvalue weighted by molar-refractivity contribution is 6.37. The summed E-state index contributed by atoms with van der Waals surface area (Å²) in [5, 5.41) is 14.3. The van der Waals surface area contributed by atoms with Gasteiger partial charge in [0, 0.05) is 20.2 Å². The minimum absolute atomic E-state index is 0.00376. The van der Waals surface area contributed by atoms with Crippen LogP contribution in [0.15, 0.2) is 42.7 Å². The number of hydrogen-bond donors (Lipinski definition) is 1. The Bertz CT molecular complexity index is 1280. The molecule has 0 bridgehead atoms. The molecule has 1 heterocycles. The molecule has 0 saturated heterocycles. The van der Waals surface area contributed by atoms with Gasteiger partial charge in [0.15, 0.2) is 5.75 Å². The van der Waals surface area contributed by atoms with Gasteiger partial charge in [-0.05, 0) is 28.7 Å². The van der Waals surface area contributed by atoms with Crippen molar-refractivity contribution in [3.63, 3.8) is 0 Å². The summed E-state index contributed by atoms with van der Waals surface area (Å²) < 4.78 is 28.4. The maximum absolute atomic E-state index is 13.6. The monoisotopic (exact) mass is 652 g/mol. The largest absolute Gasteiger partial charge is 0.505 e. The van der Waals surface area contributed by atoms with E-state index in [9.17, 15) is 9.90 Å². The van der Waals surface area contributed by atoms with E-state index in [-0.39, 0.29) is 32.9 Å². The fraction of sp³-hybridized carbons (Fsp3) is 0.516. The van der Waals surface area contributed by atoms with Crippen LogP contribution in [-0.2, 0) is 35.6 Å². The molecule has 0 radical (unpaired) electrons. The Hall–Kier alpha value is -2.77. The topological polar surface area (TPSA) is 117 Å². The van der Waals surface area contributed by atoms with Crippen molar-refractivity contribution in [1.82, 2.24) is 19.7 Å². The maximum Gasteiger partial charge on any atom is 0.293 e. The van der Waals surface area contributed by atoms with Gasteiger partial charge in [-0.3, -0.25) is 4.79 Å². The highest BCUT2D eigenvalue weighted by Gasteiger charge is 2.22. The lowest BCUT2D eigenvalue weighted by atomic mass is 9.87. The Morgan fingerprint density at radius 1 is 0.864 bits per heavy atom. The van der Waals surface area contributed by atoms with Crippen molar-refractivity contribution in [2.75, 3.05) is 73.1 Å². The van der Waals surface area contributed by atoms with Crippen LogP contribution in [0.1, 0.15) is 42.5 Å². The zero-order chi connectivity index (χ0) is 32.0. The standard InChI is InChI=1S/C31H42Cl2N4O7/c1-31(2,3)24-7-5-23(6-8-24)21-36(9-10-41-13-14-43-17-18-44-16-15-42-12-11-40-4)30(39)29-34-22-37(35-29)25-19-26(32)28(38)27(33)20-25/h5-8,19-20,22,38H,9-18,21H2,1-4H3. The molecule has 0 aliphatic rings. The van der Waals surface area contributed by atoms with E-state index < -0.39 is 0 Å². The van der Waals surface area contributed by atoms with Gasteiger partial charge in [-0.15, -0.1) is 5.10 Å². The number of halogens is 2.